The zero-order chi connectivity index (χ0) is 8.97. The summed E-state index contributed by atoms with van der Waals surface area (Å²) in [5.74, 6) is 5.55. The van der Waals surface area contributed by atoms with Gasteiger partial charge in [0.15, 0.2) is 0 Å². The number of nitrogens with one attached hydrogen (secondary N) is 1. The first-order valence-corrected chi connectivity index (χ1v) is 3.96. The molecule has 12 heavy (non-hydrogen) atoms. The summed E-state index contributed by atoms with van der Waals surface area (Å²) >= 11 is 0. The van der Waals surface area contributed by atoms with Crippen molar-refractivity contribution in [2.45, 2.75) is 19.4 Å². The molecule has 0 fully saturated rings. The van der Waals surface area contributed by atoms with Crippen LogP contribution in [0.2, 0.25) is 0 Å². The maximum absolute atomic E-state index is 9.01. The smallest absolute Gasteiger partial charge is 0.115 e. The van der Waals surface area contributed by atoms with E-state index in [0.717, 1.165) is 6.42 Å². The lowest BCUT2D eigenvalue weighted by atomic mass is 10.1. The van der Waals surface area contributed by atoms with Crippen molar-refractivity contribution in [2.75, 3.05) is 0 Å². The molecular weight excluding hydrogens is 152 g/mol. The van der Waals surface area contributed by atoms with Gasteiger partial charge in [0.1, 0.15) is 5.75 Å². The van der Waals surface area contributed by atoms with Gasteiger partial charge in [-0.25, -0.2) is 0 Å². The SMILES string of the molecule is C[C@H](Cc1ccc(O)cc1)NN. The number of hydrazine groups is 1. The van der Waals surface area contributed by atoms with Crippen molar-refractivity contribution in [3.8, 4) is 5.75 Å². The normalized spacial score (nSPS) is 12.8. The topological polar surface area (TPSA) is 58.3 Å². The molecule has 0 heterocycles. The number of benzene rings is 1. The van der Waals surface area contributed by atoms with Crippen LogP contribution in [-0.2, 0) is 6.42 Å². The Bertz CT molecular complexity index is 233. The molecule has 0 aliphatic heterocycles. The highest BCUT2D eigenvalue weighted by Crippen LogP contribution is 2.10. The third kappa shape index (κ3) is 2.53. The van der Waals surface area contributed by atoms with Gasteiger partial charge in [-0.1, -0.05) is 12.1 Å². The molecule has 0 aliphatic carbocycles. The lowest BCUT2D eigenvalue weighted by Crippen LogP contribution is -2.33. The Hall–Kier alpha value is -1.06. The molecule has 0 radical (unpaired) electrons. The van der Waals surface area contributed by atoms with E-state index in [2.05, 4.69) is 5.43 Å². The van der Waals surface area contributed by atoms with E-state index in [-0.39, 0.29) is 6.04 Å². The van der Waals surface area contributed by atoms with E-state index in [1.807, 2.05) is 19.1 Å². The molecule has 0 saturated heterocycles. The van der Waals surface area contributed by atoms with Gasteiger partial charge < -0.3 is 5.11 Å². The minimum Gasteiger partial charge on any atom is -0.508 e. The van der Waals surface area contributed by atoms with Crippen LogP contribution < -0.4 is 11.3 Å². The number of nitrogens with two attached hydrogens (primary N) is 1. The third-order valence-corrected chi connectivity index (χ3v) is 1.76. The molecule has 0 spiro atoms. The first-order chi connectivity index (χ1) is 5.72. The zero-order valence-electron chi connectivity index (χ0n) is 7.12. The molecule has 1 rings (SSSR count). The predicted octanol–water partition coefficient (Wildman–Crippen LogP) is 0.786. The Morgan fingerprint density at radius 3 is 2.50 bits per heavy atom. The van der Waals surface area contributed by atoms with Crippen molar-refractivity contribution in [2.24, 2.45) is 5.84 Å². The Morgan fingerprint density at radius 1 is 1.42 bits per heavy atom. The maximum Gasteiger partial charge on any atom is 0.115 e. The second-order valence-corrected chi connectivity index (χ2v) is 2.94. The summed E-state index contributed by atoms with van der Waals surface area (Å²) in [7, 11) is 0. The van der Waals surface area contributed by atoms with Gasteiger partial charge in [0.05, 0.1) is 0 Å². The van der Waals surface area contributed by atoms with Crippen LogP contribution in [0.3, 0.4) is 0 Å². The van der Waals surface area contributed by atoms with E-state index in [4.69, 9.17) is 10.9 Å². The van der Waals surface area contributed by atoms with Crippen LogP contribution in [-0.4, -0.2) is 11.1 Å². The largest absolute Gasteiger partial charge is 0.508 e. The lowest BCUT2D eigenvalue weighted by Gasteiger charge is -2.08. The lowest BCUT2D eigenvalue weighted by molar-refractivity contribution is 0.474. The molecule has 0 aromatic heterocycles. The highest BCUT2D eigenvalue weighted by atomic mass is 16.3. The Kier molecular flexibility index (Phi) is 3.08. The second-order valence-electron chi connectivity index (χ2n) is 2.94. The van der Waals surface area contributed by atoms with Gasteiger partial charge in [-0.2, -0.15) is 0 Å². The van der Waals surface area contributed by atoms with Gasteiger partial charge >= 0.3 is 0 Å². The quantitative estimate of drug-likeness (QED) is 0.459. The molecular formula is C9H14N2O. The second kappa shape index (κ2) is 4.09. The third-order valence-electron chi connectivity index (χ3n) is 1.76. The summed E-state index contributed by atoms with van der Waals surface area (Å²) < 4.78 is 0. The van der Waals surface area contributed by atoms with Gasteiger partial charge in [-0.3, -0.25) is 11.3 Å². The number of aromatic hydroxyl groups is 1. The number of phenols is 1. The highest BCUT2D eigenvalue weighted by Gasteiger charge is 1.99. The minimum atomic E-state index is 0.259. The van der Waals surface area contributed by atoms with Gasteiger partial charge in [0.25, 0.3) is 0 Å². The summed E-state index contributed by atoms with van der Waals surface area (Å²) in [4.78, 5) is 0. The van der Waals surface area contributed by atoms with Gasteiger partial charge in [0.2, 0.25) is 0 Å². The predicted molar refractivity (Wildman–Crippen MR) is 48.6 cm³/mol. The van der Waals surface area contributed by atoms with Gasteiger partial charge in [-0.05, 0) is 31.0 Å². The van der Waals surface area contributed by atoms with Crippen molar-refractivity contribution in [1.29, 1.82) is 0 Å². The Balaban J connectivity index is 2.58. The minimum absolute atomic E-state index is 0.259. The van der Waals surface area contributed by atoms with E-state index in [0.29, 0.717) is 5.75 Å². The summed E-state index contributed by atoms with van der Waals surface area (Å²) in [5, 5.41) is 9.01. The van der Waals surface area contributed by atoms with Crippen molar-refractivity contribution in [3.05, 3.63) is 29.8 Å². The first-order valence-electron chi connectivity index (χ1n) is 3.96. The van der Waals surface area contributed by atoms with E-state index < -0.39 is 0 Å². The monoisotopic (exact) mass is 166 g/mol. The van der Waals surface area contributed by atoms with Crippen LogP contribution in [0.15, 0.2) is 24.3 Å². The fourth-order valence-electron chi connectivity index (χ4n) is 1.04. The molecule has 0 unspecified atom stereocenters. The maximum atomic E-state index is 9.01. The first kappa shape index (κ1) is 9.03. The molecule has 66 valence electrons. The average molecular weight is 166 g/mol. The number of hydrogen-bond donors (Lipinski definition) is 3. The number of phenolic OH excluding ortho intramolecular Hbond substituents is 1. The fourth-order valence-corrected chi connectivity index (χ4v) is 1.04. The van der Waals surface area contributed by atoms with Crippen LogP contribution in [0.4, 0.5) is 0 Å². The fraction of sp³-hybridized carbons (Fsp3) is 0.333. The molecule has 1 aromatic rings. The van der Waals surface area contributed by atoms with E-state index in [1.165, 1.54) is 5.56 Å². The van der Waals surface area contributed by atoms with Crippen molar-refractivity contribution in [3.63, 3.8) is 0 Å². The van der Waals surface area contributed by atoms with Crippen molar-refractivity contribution < 1.29 is 5.11 Å². The summed E-state index contributed by atoms with van der Waals surface area (Å²) in [6.07, 6.45) is 0.872. The molecule has 1 atom stereocenters. The molecule has 3 nitrogen and oxygen atoms in total. The highest BCUT2D eigenvalue weighted by molar-refractivity contribution is 5.26. The average Bonchev–Trinajstić information content (AvgIpc) is 2.09. The van der Waals surface area contributed by atoms with Gasteiger partial charge in [-0.15, -0.1) is 0 Å². The number of hydrogen-bond acceptors (Lipinski definition) is 3. The van der Waals surface area contributed by atoms with Gasteiger partial charge in [0, 0.05) is 6.04 Å². The molecule has 0 bridgehead atoms. The van der Waals surface area contributed by atoms with E-state index >= 15 is 0 Å². The summed E-state index contributed by atoms with van der Waals surface area (Å²) in [5.41, 5.74) is 3.83. The van der Waals surface area contributed by atoms with Crippen LogP contribution in [0.25, 0.3) is 0 Å². The standard InChI is InChI=1S/C9H14N2O/c1-7(11-10)6-8-2-4-9(12)5-3-8/h2-5,7,11-12H,6,10H2,1H3/t7-/m1/s1. The summed E-state index contributed by atoms with van der Waals surface area (Å²) in [6, 6.07) is 7.40. The van der Waals surface area contributed by atoms with Crippen LogP contribution >= 0.6 is 0 Å². The summed E-state index contributed by atoms with van der Waals surface area (Å²) in [6.45, 7) is 2.01. The van der Waals surface area contributed by atoms with Crippen LogP contribution in [0.5, 0.6) is 5.75 Å². The molecule has 0 saturated carbocycles. The molecule has 3 heteroatoms. The molecule has 0 amide bonds. The van der Waals surface area contributed by atoms with Crippen molar-refractivity contribution >= 4 is 0 Å². The number of rotatable bonds is 3. The van der Waals surface area contributed by atoms with Crippen molar-refractivity contribution in [1.82, 2.24) is 5.43 Å². The zero-order valence-corrected chi connectivity index (χ0v) is 7.12. The molecule has 1 aromatic carbocycles. The molecule has 4 N–H and O–H groups in total. The van der Waals surface area contributed by atoms with Crippen LogP contribution in [0.1, 0.15) is 12.5 Å². The Morgan fingerprint density at radius 2 is 2.00 bits per heavy atom. The molecule has 0 aliphatic rings. The van der Waals surface area contributed by atoms with E-state index in [1.54, 1.807) is 12.1 Å². The Labute approximate surface area is 72.2 Å². The van der Waals surface area contributed by atoms with Crippen LogP contribution in [0, 0.1) is 0 Å². The van der Waals surface area contributed by atoms with E-state index in [9.17, 15) is 0 Å².